The zero-order chi connectivity index (χ0) is 13.5. The molecular weight excluding hydrogens is 230 g/mol. The molecule has 0 unspecified atom stereocenters. The van der Waals surface area contributed by atoms with E-state index in [1.807, 2.05) is 38.1 Å². The molecule has 0 aromatic heterocycles. The quantitative estimate of drug-likeness (QED) is 0.739. The van der Waals surface area contributed by atoms with Crippen molar-refractivity contribution in [2.45, 2.75) is 26.4 Å². The molecular formula is C13H21N3O2. The maximum atomic E-state index is 12.0. The summed E-state index contributed by atoms with van der Waals surface area (Å²) in [5.41, 5.74) is 7.25. The Bertz CT molecular complexity index is 376. The van der Waals surface area contributed by atoms with E-state index in [9.17, 15) is 4.79 Å². The molecule has 0 radical (unpaired) electrons. The number of carbonyl (C=O) groups excluding carboxylic acids is 1. The van der Waals surface area contributed by atoms with Crippen LogP contribution in [0.1, 0.15) is 19.4 Å². The number of carbonyl (C=O) groups is 1. The fourth-order valence-corrected chi connectivity index (χ4v) is 1.62. The van der Waals surface area contributed by atoms with Gasteiger partial charge in [0.05, 0.1) is 6.61 Å². The first-order chi connectivity index (χ1) is 8.58. The second kappa shape index (κ2) is 6.98. The lowest BCUT2D eigenvalue weighted by Gasteiger charge is -2.26. The molecule has 0 atom stereocenters. The monoisotopic (exact) mass is 251 g/mol. The third-order valence-electron chi connectivity index (χ3n) is 2.67. The fraction of sp³-hybridized carbons (Fsp3) is 0.462. The van der Waals surface area contributed by atoms with E-state index in [4.69, 9.17) is 10.8 Å². The lowest BCUT2D eigenvalue weighted by molar-refractivity contribution is 0.172. The number of nitrogens with zero attached hydrogens (tertiary/aromatic N) is 1. The summed E-state index contributed by atoms with van der Waals surface area (Å²) in [5, 5.41) is 11.7. The highest BCUT2D eigenvalue weighted by Gasteiger charge is 2.15. The van der Waals surface area contributed by atoms with Crippen LogP contribution in [0, 0.1) is 0 Å². The average Bonchev–Trinajstić information content (AvgIpc) is 2.36. The largest absolute Gasteiger partial charge is 0.395 e. The number of nitrogens with two attached hydrogens (primary N) is 1. The van der Waals surface area contributed by atoms with Crippen molar-refractivity contribution in [1.82, 2.24) is 4.90 Å². The van der Waals surface area contributed by atoms with E-state index in [0.29, 0.717) is 13.1 Å². The SMILES string of the molecule is CC(C)N(CCO)C(=O)Nc1ccc(CN)cc1. The van der Waals surface area contributed by atoms with Gasteiger partial charge in [-0.05, 0) is 31.5 Å². The van der Waals surface area contributed by atoms with E-state index < -0.39 is 0 Å². The van der Waals surface area contributed by atoms with Crippen molar-refractivity contribution in [2.24, 2.45) is 5.73 Å². The summed E-state index contributed by atoms with van der Waals surface area (Å²) in [7, 11) is 0. The van der Waals surface area contributed by atoms with Crippen molar-refractivity contribution in [3.63, 3.8) is 0 Å². The standard InChI is InChI=1S/C13H21N3O2/c1-10(2)16(7-8-17)13(18)15-12-5-3-11(9-14)4-6-12/h3-6,10,17H,7-9,14H2,1-2H3,(H,15,18). The number of urea groups is 1. The van der Waals surface area contributed by atoms with E-state index in [1.165, 1.54) is 0 Å². The van der Waals surface area contributed by atoms with Crippen molar-refractivity contribution in [3.8, 4) is 0 Å². The molecule has 18 heavy (non-hydrogen) atoms. The Morgan fingerprint density at radius 1 is 1.39 bits per heavy atom. The maximum absolute atomic E-state index is 12.0. The van der Waals surface area contributed by atoms with Crippen LogP contribution in [0.4, 0.5) is 10.5 Å². The second-order valence-corrected chi connectivity index (χ2v) is 4.34. The Labute approximate surface area is 108 Å². The molecule has 0 bridgehead atoms. The summed E-state index contributed by atoms with van der Waals surface area (Å²) in [6, 6.07) is 7.22. The summed E-state index contributed by atoms with van der Waals surface area (Å²) in [6.45, 7) is 4.58. The minimum Gasteiger partial charge on any atom is -0.395 e. The molecule has 0 saturated heterocycles. The average molecular weight is 251 g/mol. The number of hydrogen-bond donors (Lipinski definition) is 3. The molecule has 0 aliphatic rings. The summed E-state index contributed by atoms with van der Waals surface area (Å²) < 4.78 is 0. The molecule has 2 amide bonds. The van der Waals surface area contributed by atoms with E-state index in [1.54, 1.807) is 4.90 Å². The Morgan fingerprint density at radius 3 is 2.44 bits per heavy atom. The smallest absolute Gasteiger partial charge is 0.322 e. The van der Waals surface area contributed by atoms with Gasteiger partial charge >= 0.3 is 6.03 Å². The third kappa shape index (κ3) is 4.01. The van der Waals surface area contributed by atoms with E-state index in [2.05, 4.69) is 5.32 Å². The first-order valence-electron chi connectivity index (χ1n) is 6.06. The predicted octanol–water partition coefficient (Wildman–Crippen LogP) is 1.38. The molecule has 4 N–H and O–H groups in total. The lowest BCUT2D eigenvalue weighted by atomic mass is 10.2. The molecule has 0 saturated carbocycles. The number of aliphatic hydroxyl groups excluding tert-OH is 1. The van der Waals surface area contributed by atoms with Crippen LogP contribution in [0.2, 0.25) is 0 Å². The normalized spacial score (nSPS) is 10.5. The molecule has 5 heteroatoms. The van der Waals surface area contributed by atoms with Crippen LogP contribution >= 0.6 is 0 Å². The summed E-state index contributed by atoms with van der Waals surface area (Å²) in [5.74, 6) is 0. The molecule has 5 nitrogen and oxygen atoms in total. The first kappa shape index (κ1) is 14.5. The zero-order valence-electron chi connectivity index (χ0n) is 10.9. The zero-order valence-corrected chi connectivity index (χ0v) is 10.9. The van der Waals surface area contributed by atoms with E-state index >= 15 is 0 Å². The Hall–Kier alpha value is -1.59. The van der Waals surface area contributed by atoms with Gasteiger partial charge in [0.1, 0.15) is 0 Å². The lowest BCUT2D eigenvalue weighted by Crippen LogP contribution is -2.41. The summed E-state index contributed by atoms with van der Waals surface area (Å²) in [6.07, 6.45) is 0. The molecule has 100 valence electrons. The van der Waals surface area contributed by atoms with Gasteiger partial charge in [-0.25, -0.2) is 4.79 Å². The van der Waals surface area contributed by atoms with Crippen molar-refractivity contribution in [2.75, 3.05) is 18.5 Å². The van der Waals surface area contributed by atoms with Gasteiger partial charge in [-0.1, -0.05) is 12.1 Å². The van der Waals surface area contributed by atoms with Gasteiger partial charge in [-0.2, -0.15) is 0 Å². The van der Waals surface area contributed by atoms with E-state index in [0.717, 1.165) is 11.3 Å². The second-order valence-electron chi connectivity index (χ2n) is 4.34. The van der Waals surface area contributed by atoms with Crippen LogP contribution in [-0.2, 0) is 6.54 Å². The van der Waals surface area contributed by atoms with Crippen LogP contribution in [0.3, 0.4) is 0 Å². The molecule has 1 aromatic rings. The van der Waals surface area contributed by atoms with E-state index in [-0.39, 0.29) is 18.7 Å². The number of anilines is 1. The number of hydrogen-bond acceptors (Lipinski definition) is 3. The van der Waals surface area contributed by atoms with Crippen LogP contribution in [0.5, 0.6) is 0 Å². The minimum absolute atomic E-state index is 0.0421. The van der Waals surface area contributed by atoms with Gasteiger partial charge in [0.25, 0.3) is 0 Å². The Morgan fingerprint density at radius 2 is 2.00 bits per heavy atom. The molecule has 1 aromatic carbocycles. The van der Waals surface area contributed by atoms with Crippen molar-refractivity contribution >= 4 is 11.7 Å². The number of rotatable bonds is 5. The van der Waals surface area contributed by atoms with Gasteiger partial charge in [0.2, 0.25) is 0 Å². The number of aliphatic hydroxyl groups is 1. The number of benzene rings is 1. The van der Waals surface area contributed by atoms with Gasteiger partial charge in [-0.15, -0.1) is 0 Å². The van der Waals surface area contributed by atoms with Crippen molar-refractivity contribution in [1.29, 1.82) is 0 Å². The molecule has 1 rings (SSSR count). The van der Waals surface area contributed by atoms with Gasteiger partial charge < -0.3 is 21.1 Å². The molecule has 0 spiro atoms. The highest BCUT2D eigenvalue weighted by Crippen LogP contribution is 2.11. The topological polar surface area (TPSA) is 78.6 Å². The minimum atomic E-state index is -0.209. The highest BCUT2D eigenvalue weighted by atomic mass is 16.3. The Kier molecular flexibility index (Phi) is 5.61. The van der Waals surface area contributed by atoms with Gasteiger partial charge in [0, 0.05) is 24.8 Å². The summed E-state index contributed by atoms with van der Waals surface area (Å²) >= 11 is 0. The van der Waals surface area contributed by atoms with Crippen LogP contribution in [0.15, 0.2) is 24.3 Å². The van der Waals surface area contributed by atoms with Crippen LogP contribution in [-0.4, -0.2) is 35.2 Å². The van der Waals surface area contributed by atoms with Crippen molar-refractivity contribution in [3.05, 3.63) is 29.8 Å². The molecule has 0 aliphatic heterocycles. The fourth-order valence-electron chi connectivity index (χ4n) is 1.62. The number of nitrogens with one attached hydrogen (secondary N) is 1. The molecule has 0 heterocycles. The summed E-state index contributed by atoms with van der Waals surface area (Å²) in [4.78, 5) is 13.6. The highest BCUT2D eigenvalue weighted by molar-refractivity contribution is 5.89. The van der Waals surface area contributed by atoms with Crippen LogP contribution < -0.4 is 11.1 Å². The maximum Gasteiger partial charge on any atom is 0.322 e. The predicted molar refractivity (Wildman–Crippen MR) is 72.3 cm³/mol. The third-order valence-corrected chi connectivity index (χ3v) is 2.67. The van der Waals surface area contributed by atoms with Crippen LogP contribution in [0.25, 0.3) is 0 Å². The molecule has 0 aliphatic carbocycles. The van der Waals surface area contributed by atoms with Crippen molar-refractivity contribution < 1.29 is 9.90 Å². The Balaban J connectivity index is 2.66. The number of amides is 2. The van der Waals surface area contributed by atoms with Gasteiger partial charge in [-0.3, -0.25) is 0 Å². The van der Waals surface area contributed by atoms with Gasteiger partial charge in [0.15, 0.2) is 0 Å². The first-order valence-corrected chi connectivity index (χ1v) is 6.06. The molecule has 0 fully saturated rings.